The molecule has 3 heterocycles. The van der Waals surface area contributed by atoms with Crippen molar-refractivity contribution in [3.8, 4) is 5.75 Å². The number of rotatable bonds is 10. The standard InChI is InChI=1S/C30H41BrNO3/c31-29-28(35-23-30(33,25-11-4-1-5-12-25)26-13-6-2-7-14-26)24-17-20-32(29,21-18-24)19-10-22-34-27-15-8-3-9-16-27/h1,3-5,8-9,11-12,15-16,24,26,28-29,33H,2,6-7,10,13-14,17-23H2/q+1/t24?,28-,29+,30?,32?/m0/s1. The average Bonchev–Trinajstić information content (AvgIpc) is 2.93. The van der Waals surface area contributed by atoms with E-state index < -0.39 is 5.60 Å². The number of hydrogen-bond donors (Lipinski definition) is 1. The van der Waals surface area contributed by atoms with Gasteiger partial charge in [-0.25, -0.2) is 0 Å². The van der Waals surface area contributed by atoms with Gasteiger partial charge in [0.2, 0.25) is 0 Å². The minimum Gasteiger partial charge on any atom is -0.493 e. The number of quaternary nitrogens is 1. The lowest BCUT2D eigenvalue weighted by Gasteiger charge is -2.56. The maximum atomic E-state index is 12.1. The van der Waals surface area contributed by atoms with Gasteiger partial charge in [0.25, 0.3) is 0 Å². The van der Waals surface area contributed by atoms with E-state index in [-0.39, 0.29) is 17.0 Å². The fraction of sp³-hybridized carbons (Fsp3) is 0.600. The van der Waals surface area contributed by atoms with Crippen molar-refractivity contribution in [3.05, 3.63) is 66.2 Å². The fourth-order valence-corrected chi connectivity index (χ4v) is 8.03. The molecule has 0 amide bonds. The number of para-hydroxylation sites is 1. The van der Waals surface area contributed by atoms with Crippen molar-refractivity contribution in [1.29, 1.82) is 0 Å². The van der Waals surface area contributed by atoms with Crippen LogP contribution in [-0.2, 0) is 10.3 Å². The number of hydrogen-bond acceptors (Lipinski definition) is 3. The molecular formula is C30H41BrNO3+. The third-order valence-corrected chi connectivity index (χ3v) is 10.3. The zero-order valence-electron chi connectivity index (χ0n) is 20.9. The summed E-state index contributed by atoms with van der Waals surface area (Å²) in [6.07, 6.45) is 9.46. The number of piperidine rings is 3. The van der Waals surface area contributed by atoms with Gasteiger partial charge in [-0.2, -0.15) is 0 Å². The minimum atomic E-state index is -0.908. The predicted molar refractivity (Wildman–Crippen MR) is 144 cm³/mol. The summed E-state index contributed by atoms with van der Waals surface area (Å²) in [6.45, 7) is 4.64. The first kappa shape index (κ1) is 25.3. The average molecular weight is 544 g/mol. The van der Waals surface area contributed by atoms with Crippen molar-refractivity contribution in [3.63, 3.8) is 0 Å². The summed E-state index contributed by atoms with van der Waals surface area (Å²) in [5.74, 6) is 1.79. The Bertz CT molecular complexity index is 912. The van der Waals surface area contributed by atoms with Crippen LogP contribution in [0.1, 0.15) is 56.9 Å². The molecule has 2 aromatic rings. The van der Waals surface area contributed by atoms with Gasteiger partial charge in [0.15, 0.2) is 4.95 Å². The van der Waals surface area contributed by atoms with Crippen LogP contribution >= 0.6 is 15.9 Å². The summed E-state index contributed by atoms with van der Waals surface area (Å²) in [6, 6.07) is 20.4. The van der Waals surface area contributed by atoms with Gasteiger partial charge in [0, 0.05) is 25.2 Å². The molecule has 1 saturated carbocycles. The van der Waals surface area contributed by atoms with Crippen LogP contribution in [0.2, 0.25) is 0 Å². The van der Waals surface area contributed by atoms with Crippen LogP contribution in [0.25, 0.3) is 0 Å². The van der Waals surface area contributed by atoms with E-state index in [0.717, 1.165) is 48.2 Å². The molecule has 2 aromatic carbocycles. The van der Waals surface area contributed by atoms with E-state index in [0.29, 0.717) is 12.5 Å². The van der Waals surface area contributed by atoms with E-state index in [1.165, 1.54) is 45.2 Å². The van der Waals surface area contributed by atoms with Crippen LogP contribution in [0.5, 0.6) is 5.75 Å². The van der Waals surface area contributed by atoms with Crippen molar-refractivity contribution in [2.45, 2.75) is 68.0 Å². The predicted octanol–water partition coefficient (Wildman–Crippen LogP) is 6.27. The van der Waals surface area contributed by atoms with Crippen LogP contribution in [0.4, 0.5) is 0 Å². The van der Waals surface area contributed by atoms with Crippen molar-refractivity contribution in [1.82, 2.24) is 0 Å². The highest BCUT2D eigenvalue weighted by atomic mass is 79.9. The second-order valence-corrected chi connectivity index (χ2v) is 12.0. The van der Waals surface area contributed by atoms with E-state index >= 15 is 0 Å². The van der Waals surface area contributed by atoms with Gasteiger partial charge in [-0.15, -0.1) is 0 Å². The second-order valence-electron chi connectivity index (χ2n) is 11.0. The molecule has 0 radical (unpaired) electrons. The Balaban J connectivity index is 1.23. The molecule has 3 saturated heterocycles. The quantitative estimate of drug-likeness (QED) is 0.166. The molecule has 3 aliphatic heterocycles. The summed E-state index contributed by atoms with van der Waals surface area (Å²) < 4.78 is 13.8. The molecular weight excluding hydrogens is 502 g/mol. The topological polar surface area (TPSA) is 38.7 Å². The monoisotopic (exact) mass is 542 g/mol. The fourth-order valence-electron chi connectivity index (χ4n) is 6.83. The van der Waals surface area contributed by atoms with Crippen molar-refractivity contribution in [2.75, 3.05) is 32.8 Å². The highest BCUT2D eigenvalue weighted by molar-refractivity contribution is 9.09. The zero-order chi connectivity index (χ0) is 24.1. The SMILES string of the molecule is OC(CO[C@H]1C2CC[N+](CCCOc3ccccc3)(CC2)[C@H]1Br)(c1ccccc1)C1CCCCC1. The molecule has 4 aliphatic rings. The van der Waals surface area contributed by atoms with Crippen LogP contribution in [0.15, 0.2) is 60.7 Å². The third-order valence-electron chi connectivity index (χ3n) is 8.96. The molecule has 6 rings (SSSR count). The molecule has 4 nitrogen and oxygen atoms in total. The van der Waals surface area contributed by atoms with Crippen LogP contribution in [-0.4, -0.2) is 53.5 Å². The summed E-state index contributed by atoms with van der Waals surface area (Å²) in [5, 5.41) is 12.1. The van der Waals surface area contributed by atoms with Gasteiger partial charge in [-0.3, -0.25) is 0 Å². The number of aliphatic hydroxyl groups is 1. The Morgan fingerprint density at radius 2 is 1.54 bits per heavy atom. The number of halogens is 1. The van der Waals surface area contributed by atoms with Gasteiger partial charge in [0.1, 0.15) is 17.5 Å². The minimum absolute atomic E-state index is 0.145. The number of nitrogens with zero attached hydrogens (tertiary/aromatic N) is 1. The lowest BCUT2D eigenvalue weighted by molar-refractivity contribution is -0.955. The first-order valence-corrected chi connectivity index (χ1v) is 14.6. The lowest BCUT2D eigenvalue weighted by Crippen LogP contribution is -2.68. The smallest absolute Gasteiger partial charge is 0.171 e. The van der Waals surface area contributed by atoms with E-state index in [2.05, 4.69) is 28.1 Å². The molecule has 190 valence electrons. The first-order valence-electron chi connectivity index (χ1n) is 13.7. The number of ether oxygens (including phenoxy) is 2. The van der Waals surface area contributed by atoms with E-state index in [1.54, 1.807) is 0 Å². The molecule has 2 bridgehead atoms. The summed E-state index contributed by atoms with van der Waals surface area (Å²) in [5.41, 5.74) is 0.107. The Hall–Kier alpha value is -1.40. The van der Waals surface area contributed by atoms with Crippen molar-refractivity contribution >= 4 is 15.9 Å². The van der Waals surface area contributed by atoms with E-state index in [9.17, 15) is 5.11 Å². The third kappa shape index (κ3) is 5.49. The maximum absolute atomic E-state index is 12.1. The Morgan fingerprint density at radius 3 is 2.23 bits per heavy atom. The van der Waals surface area contributed by atoms with Gasteiger partial charge in [0.05, 0.1) is 32.8 Å². The lowest BCUT2D eigenvalue weighted by atomic mass is 9.73. The summed E-state index contributed by atoms with van der Waals surface area (Å²) >= 11 is 4.11. The Kier molecular flexibility index (Phi) is 8.18. The summed E-state index contributed by atoms with van der Waals surface area (Å²) in [7, 11) is 0. The van der Waals surface area contributed by atoms with Crippen LogP contribution in [0.3, 0.4) is 0 Å². The van der Waals surface area contributed by atoms with Crippen LogP contribution in [0, 0.1) is 11.8 Å². The molecule has 35 heavy (non-hydrogen) atoms. The number of benzene rings is 2. The highest BCUT2D eigenvalue weighted by Gasteiger charge is 2.54. The maximum Gasteiger partial charge on any atom is 0.171 e. The van der Waals surface area contributed by atoms with Gasteiger partial charge >= 0.3 is 0 Å². The Morgan fingerprint density at radius 1 is 0.886 bits per heavy atom. The summed E-state index contributed by atoms with van der Waals surface area (Å²) in [4.78, 5) is 0.276. The zero-order valence-corrected chi connectivity index (χ0v) is 22.5. The Labute approximate surface area is 219 Å². The largest absolute Gasteiger partial charge is 0.493 e. The molecule has 0 spiro atoms. The molecule has 1 N–H and O–H groups in total. The van der Waals surface area contributed by atoms with Crippen molar-refractivity contribution in [2.24, 2.45) is 11.8 Å². The van der Waals surface area contributed by atoms with Crippen LogP contribution < -0.4 is 4.74 Å². The van der Waals surface area contributed by atoms with Gasteiger partial charge < -0.3 is 19.1 Å². The van der Waals surface area contributed by atoms with E-state index in [1.807, 2.05) is 48.5 Å². The second kappa shape index (κ2) is 11.3. The normalized spacial score (nSPS) is 30.6. The van der Waals surface area contributed by atoms with Crippen molar-refractivity contribution < 1.29 is 19.1 Å². The molecule has 1 unspecified atom stereocenters. The number of alkyl halides is 1. The molecule has 1 aliphatic carbocycles. The molecule has 4 fully saturated rings. The molecule has 5 heteroatoms. The van der Waals surface area contributed by atoms with E-state index in [4.69, 9.17) is 9.47 Å². The van der Waals surface area contributed by atoms with Gasteiger partial charge in [-0.1, -0.05) is 67.8 Å². The molecule has 3 atom stereocenters. The van der Waals surface area contributed by atoms with Gasteiger partial charge in [-0.05, 0) is 52.4 Å². The first-order chi connectivity index (χ1) is 17.1. The number of fused-ring (bicyclic) bond motifs is 3. The molecule has 0 aromatic heterocycles. The highest BCUT2D eigenvalue weighted by Crippen LogP contribution is 2.45.